The highest BCUT2D eigenvalue weighted by Gasteiger charge is 2.15. The summed E-state index contributed by atoms with van der Waals surface area (Å²) in [5, 5.41) is 3.29. The quantitative estimate of drug-likeness (QED) is 0.839. The van der Waals surface area contributed by atoms with Crippen LogP contribution >= 0.6 is 0 Å². The fourth-order valence-electron chi connectivity index (χ4n) is 2.71. The average Bonchev–Trinajstić information content (AvgIpc) is 2.78. The molecule has 122 valence electrons. The zero-order valence-corrected chi connectivity index (χ0v) is 12.8. The summed E-state index contributed by atoms with van der Waals surface area (Å²) < 4.78 is 19.0. The number of ether oxygens (including phenoxy) is 1. The van der Waals surface area contributed by atoms with Gasteiger partial charge in [-0.05, 0) is 25.0 Å². The van der Waals surface area contributed by atoms with E-state index >= 15 is 0 Å². The maximum atomic E-state index is 13.7. The first-order valence-corrected chi connectivity index (χ1v) is 7.91. The SMILES string of the molecule is Nc1nc(NC2CCCCCC2)nc(Oc2ccccc2F)n1. The highest BCUT2D eigenvalue weighted by Crippen LogP contribution is 2.24. The van der Waals surface area contributed by atoms with Crippen LogP contribution in [-0.2, 0) is 0 Å². The monoisotopic (exact) mass is 317 g/mol. The number of para-hydroxylation sites is 1. The van der Waals surface area contributed by atoms with Crippen LogP contribution in [0.1, 0.15) is 38.5 Å². The van der Waals surface area contributed by atoms with Crippen LogP contribution in [0.3, 0.4) is 0 Å². The van der Waals surface area contributed by atoms with E-state index in [-0.39, 0.29) is 17.7 Å². The van der Waals surface area contributed by atoms with Gasteiger partial charge in [-0.1, -0.05) is 37.8 Å². The largest absolute Gasteiger partial charge is 0.421 e. The molecule has 7 heteroatoms. The van der Waals surface area contributed by atoms with Crippen LogP contribution in [0.25, 0.3) is 0 Å². The molecule has 1 aromatic heterocycles. The number of aromatic nitrogens is 3. The number of nitrogens with zero attached hydrogens (tertiary/aromatic N) is 3. The standard InChI is InChI=1S/C16H20FN5O/c17-12-9-5-6-10-13(12)23-16-21-14(18)20-15(22-16)19-11-7-3-1-2-4-8-11/h5-6,9-11H,1-4,7-8H2,(H3,18,19,20,21,22). The molecule has 1 aromatic carbocycles. The van der Waals surface area contributed by atoms with Gasteiger partial charge in [0, 0.05) is 6.04 Å². The molecule has 3 rings (SSSR count). The van der Waals surface area contributed by atoms with Crippen molar-refractivity contribution in [3.63, 3.8) is 0 Å². The molecule has 0 amide bonds. The molecule has 1 aliphatic rings. The van der Waals surface area contributed by atoms with Gasteiger partial charge in [0.15, 0.2) is 11.6 Å². The van der Waals surface area contributed by atoms with E-state index in [4.69, 9.17) is 10.5 Å². The van der Waals surface area contributed by atoms with E-state index in [2.05, 4.69) is 20.3 Å². The molecule has 1 fully saturated rings. The van der Waals surface area contributed by atoms with Gasteiger partial charge in [-0.3, -0.25) is 0 Å². The molecule has 1 aliphatic carbocycles. The van der Waals surface area contributed by atoms with Gasteiger partial charge < -0.3 is 15.8 Å². The minimum absolute atomic E-state index is 0.0151. The van der Waals surface area contributed by atoms with Crippen LogP contribution in [-0.4, -0.2) is 21.0 Å². The summed E-state index contributed by atoms with van der Waals surface area (Å²) in [5.74, 6) is -0.0125. The summed E-state index contributed by atoms with van der Waals surface area (Å²) in [4.78, 5) is 12.2. The van der Waals surface area contributed by atoms with Gasteiger partial charge in [-0.15, -0.1) is 0 Å². The minimum Gasteiger partial charge on any atom is -0.421 e. The lowest BCUT2D eigenvalue weighted by molar-refractivity contribution is 0.410. The molecule has 1 saturated carbocycles. The number of nitrogens with one attached hydrogen (secondary N) is 1. The molecule has 6 nitrogen and oxygen atoms in total. The smallest absolute Gasteiger partial charge is 0.328 e. The Kier molecular flexibility index (Phi) is 4.85. The third kappa shape index (κ3) is 4.28. The van der Waals surface area contributed by atoms with Crippen molar-refractivity contribution in [2.24, 2.45) is 0 Å². The molecule has 2 aromatic rings. The lowest BCUT2D eigenvalue weighted by Gasteiger charge is -2.16. The third-order valence-corrected chi connectivity index (χ3v) is 3.86. The van der Waals surface area contributed by atoms with Crippen LogP contribution in [0.15, 0.2) is 24.3 Å². The molecule has 0 spiro atoms. The minimum atomic E-state index is -0.482. The van der Waals surface area contributed by atoms with E-state index in [0.29, 0.717) is 12.0 Å². The molecule has 0 bridgehead atoms. The van der Waals surface area contributed by atoms with Gasteiger partial charge in [0.25, 0.3) is 0 Å². The Balaban J connectivity index is 1.74. The van der Waals surface area contributed by atoms with Crippen LogP contribution in [0.4, 0.5) is 16.3 Å². The molecule has 3 N–H and O–H groups in total. The van der Waals surface area contributed by atoms with Crippen molar-refractivity contribution in [2.45, 2.75) is 44.6 Å². The Hall–Kier alpha value is -2.44. The predicted octanol–water partition coefficient (Wildman–Crippen LogP) is 3.52. The van der Waals surface area contributed by atoms with Crippen LogP contribution in [0.2, 0.25) is 0 Å². The number of benzene rings is 1. The Labute approximate surface area is 134 Å². The van der Waals surface area contributed by atoms with Crippen LogP contribution in [0.5, 0.6) is 11.8 Å². The molecular weight excluding hydrogens is 297 g/mol. The number of nitrogens with two attached hydrogens (primary N) is 1. The first-order chi connectivity index (χ1) is 11.2. The van der Waals surface area contributed by atoms with E-state index in [1.165, 1.54) is 37.8 Å². The first-order valence-electron chi connectivity index (χ1n) is 7.91. The van der Waals surface area contributed by atoms with Crippen molar-refractivity contribution in [3.05, 3.63) is 30.1 Å². The fraction of sp³-hybridized carbons (Fsp3) is 0.438. The Morgan fingerprint density at radius 2 is 1.78 bits per heavy atom. The molecule has 0 saturated heterocycles. The zero-order valence-electron chi connectivity index (χ0n) is 12.8. The summed E-state index contributed by atoms with van der Waals surface area (Å²) in [6.07, 6.45) is 7.07. The number of hydrogen-bond donors (Lipinski definition) is 2. The summed E-state index contributed by atoms with van der Waals surface area (Å²) >= 11 is 0. The predicted molar refractivity (Wildman–Crippen MR) is 85.8 cm³/mol. The number of nitrogen functional groups attached to an aromatic ring is 1. The number of rotatable bonds is 4. The van der Waals surface area contributed by atoms with Crippen LogP contribution in [0, 0.1) is 5.82 Å². The van der Waals surface area contributed by atoms with Gasteiger partial charge >= 0.3 is 6.01 Å². The van der Waals surface area contributed by atoms with E-state index in [1.807, 2.05) is 0 Å². The van der Waals surface area contributed by atoms with Gasteiger partial charge in [-0.25, -0.2) is 4.39 Å². The third-order valence-electron chi connectivity index (χ3n) is 3.86. The summed E-state index contributed by atoms with van der Waals surface area (Å²) in [6.45, 7) is 0. The van der Waals surface area contributed by atoms with Crippen molar-refractivity contribution in [1.29, 1.82) is 0 Å². The molecule has 0 aliphatic heterocycles. The van der Waals surface area contributed by atoms with Crippen LogP contribution < -0.4 is 15.8 Å². The highest BCUT2D eigenvalue weighted by molar-refractivity contribution is 5.35. The second kappa shape index (κ2) is 7.21. The Bertz CT molecular complexity index is 659. The van der Waals surface area contributed by atoms with Crippen molar-refractivity contribution in [2.75, 3.05) is 11.1 Å². The Morgan fingerprint density at radius 1 is 1.04 bits per heavy atom. The molecule has 0 unspecified atom stereocenters. The van der Waals surface area contributed by atoms with Gasteiger partial charge in [-0.2, -0.15) is 15.0 Å². The lowest BCUT2D eigenvalue weighted by atomic mass is 10.1. The van der Waals surface area contributed by atoms with Crippen molar-refractivity contribution < 1.29 is 9.13 Å². The molecule has 0 atom stereocenters. The normalized spacial score (nSPS) is 15.9. The number of hydrogen-bond acceptors (Lipinski definition) is 6. The topological polar surface area (TPSA) is 86.0 Å². The summed E-state index contributed by atoms with van der Waals surface area (Å²) in [5.41, 5.74) is 5.71. The van der Waals surface area contributed by atoms with Crippen molar-refractivity contribution in [3.8, 4) is 11.8 Å². The molecule has 1 heterocycles. The number of anilines is 2. The van der Waals surface area contributed by atoms with Gasteiger partial charge in [0.1, 0.15) is 0 Å². The number of halogens is 1. The maximum Gasteiger partial charge on any atom is 0.328 e. The first kappa shape index (κ1) is 15.5. The summed E-state index contributed by atoms with van der Waals surface area (Å²) in [7, 11) is 0. The van der Waals surface area contributed by atoms with Gasteiger partial charge in [0.05, 0.1) is 0 Å². The lowest BCUT2D eigenvalue weighted by Crippen LogP contribution is -2.20. The van der Waals surface area contributed by atoms with Crippen molar-refractivity contribution >= 4 is 11.9 Å². The molecule has 23 heavy (non-hydrogen) atoms. The maximum absolute atomic E-state index is 13.7. The zero-order chi connectivity index (χ0) is 16.1. The highest BCUT2D eigenvalue weighted by atomic mass is 19.1. The van der Waals surface area contributed by atoms with E-state index in [0.717, 1.165) is 12.8 Å². The van der Waals surface area contributed by atoms with E-state index < -0.39 is 5.82 Å². The van der Waals surface area contributed by atoms with Crippen molar-refractivity contribution in [1.82, 2.24) is 15.0 Å². The second-order valence-corrected chi connectivity index (χ2v) is 5.67. The second-order valence-electron chi connectivity index (χ2n) is 5.67. The van der Waals surface area contributed by atoms with E-state index in [1.54, 1.807) is 12.1 Å². The molecule has 0 radical (unpaired) electrons. The fourth-order valence-corrected chi connectivity index (χ4v) is 2.71. The average molecular weight is 317 g/mol. The van der Waals surface area contributed by atoms with Gasteiger partial charge in [0.2, 0.25) is 11.9 Å². The summed E-state index contributed by atoms with van der Waals surface area (Å²) in [6, 6.07) is 6.38. The van der Waals surface area contributed by atoms with E-state index in [9.17, 15) is 4.39 Å². The Morgan fingerprint density at radius 3 is 2.52 bits per heavy atom. The molecular formula is C16H20FN5O.